The highest BCUT2D eigenvalue weighted by Gasteiger charge is 2.24. The topological polar surface area (TPSA) is 69.7 Å². The minimum atomic E-state index is -3.52. The molecule has 0 saturated carbocycles. The maximum Gasteiger partial charge on any atom is 0.240 e. The van der Waals surface area contributed by atoms with Crippen LogP contribution in [0.2, 0.25) is 0 Å². The average Bonchev–Trinajstić information content (AvgIpc) is 2.97. The van der Waals surface area contributed by atoms with Crippen LogP contribution in [0.3, 0.4) is 0 Å². The van der Waals surface area contributed by atoms with Crippen LogP contribution in [0.4, 0.5) is 0 Å². The first-order chi connectivity index (χ1) is 11.6. The van der Waals surface area contributed by atoms with Crippen LogP contribution in [-0.4, -0.2) is 63.4 Å². The molecule has 1 aliphatic rings. The highest BCUT2D eigenvalue weighted by atomic mass is 32.2. The molecule has 1 aliphatic heterocycles. The molecule has 6 nitrogen and oxygen atoms in total. The van der Waals surface area contributed by atoms with Crippen LogP contribution in [-0.2, 0) is 21.2 Å². The maximum atomic E-state index is 12.4. The van der Waals surface area contributed by atoms with Crippen molar-refractivity contribution < 1.29 is 13.2 Å². The maximum absolute atomic E-state index is 12.4. The van der Waals surface area contributed by atoms with E-state index < -0.39 is 10.0 Å². The summed E-state index contributed by atoms with van der Waals surface area (Å²) in [5.41, 5.74) is 0.766. The predicted molar refractivity (Wildman–Crippen MR) is 98.9 cm³/mol. The highest BCUT2D eigenvalue weighted by molar-refractivity contribution is 7.89. The molecule has 2 rings (SSSR count). The molecule has 0 spiro atoms. The minimum absolute atomic E-state index is 0.215. The lowest BCUT2D eigenvalue weighted by atomic mass is 10.1. The van der Waals surface area contributed by atoms with Gasteiger partial charge in [-0.05, 0) is 58.5 Å². The van der Waals surface area contributed by atoms with E-state index in [1.54, 1.807) is 12.1 Å². The first-order valence-corrected chi connectivity index (χ1v) is 10.1. The van der Waals surface area contributed by atoms with Gasteiger partial charge in [0, 0.05) is 31.6 Å². The summed E-state index contributed by atoms with van der Waals surface area (Å²) in [6.07, 6.45) is 2.32. The molecule has 1 saturated heterocycles. The Kier molecular flexibility index (Phi) is 6.24. The quantitative estimate of drug-likeness (QED) is 0.755. The van der Waals surface area contributed by atoms with Gasteiger partial charge >= 0.3 is 0 Å². The fraction of sp³-hybridized carbons (Fsp3) is 0.611. The molecular formula is C18H29N3O3S. The Hall–Kier alpha value is -1.44. The summed E-state index contributed by atoms with van der Waals surface area (Å²) in [6, 6.07) is 6.91. The Labute approximate surface area is 151 Å². The van der Waals surface area contributed by atoms with Crippen molar-refractivity contribution in [3.8, 4) is 0 Å². The van der Waals surface area contributed by atoms with E-state index in [-0.39, 0.29) is 16.3 Å². The summed E-state index contributed by atoms with van der Waals surface area (Å²) in [4.78, 5) is 15.7. The molecule has 25 heavy (non-hydrogen) atoms. The molecule has 0 atom stereocenters. The number of amides is 1. The molecule has 0 unspecified atom stereocenters. The van der Waals surface area contributed by atoms with Crippen LogP contribution in [0.25, 0.3) is 0 Å². The number of hydrogen-bond donors (Lipinski definition) is 1. The molecule has 1 heterocycles. The van der Waals surface area contributed by atoms with E-state index in [0.717, 1.165) is 24.9 Å². The highest BCUT2D eigenvalue weighted by Crippen LogP contribution is 2.15. The van der Waals surface area contributed by atoms with Crippen LogP contribution >= 0.6 is 0 Å². The molecule has 1 amide bonds. The zero-order valence-electron chi connectivity index (χ0n) is 15.6. The monoisotopic (exact) mass is 367 g/mol. The number of nitrogens with zero attached hydrogens (tertiary/aromatic N) is 2. The Morgan fingerprint density at radius 2 is 1.84 bits per heavy atom. The molecule has 0 bridgehead atoms. The number of carbonyl (C=O) groups excluding carboxylic acids is 1. The van der Waals surface area contributed by atoms with Gasteiger partial charge in [-0.3, -0.25) is 4.79 Å². The molecule has 0 aliphatic carbocycles. The van der Waals surface area contributed by atoms with Gasteiger partial charge in [0.25, 0.3) is 0 Å². The number of benzene rings is 1. The van der Waals surface area contributed by atoms with Crippen molar-refractivity contribution in [2.75, 3.05) is 33.7 Å². The van der Waals surface area contributed by atoms with Crippen molar-refractivity contribution in [2.45, 2.75) is 43.5 Å². The number of rotatable bonds is 8. The first-order valence-electron chi connectivity index (χ1n) is 8.66. The molecule has 7 heteroatoms. The van der Waals surface area contributed by atoms with Crippen LogP contribution in [0.5, 0.6) is 0 Å². The van der Waals surface area contributed by atoms with E-state index in [9.17, 15) is 13.2 Å². The van der Waals surface area contributed by atoms with E-state index in [4.69, 9.17) is 0 Å². The molecule has 0 radical (unpaired) electrons. The van der Waals surface area contributed by atoms with E-state index in [1.807, 2.05) is 49.9 Å². The third kappa shape index (κ3) is 5.26. The van der Waals surface area contributed by atoms with Gasteiger partial charge < -0.3 is 9.80 Å². The van der Waals surface area contributed by atoms with Crippen molar-refractivity contribution in [1.82, 2.24) is 14.5 Å². The fourth-order valence-electron chi connectivity index (χ4n) is 2.55. The van der Waals surface area contributed by atoms with Gasteiger partial charge in [0.15, 0.2) is 0 Å². The smallest absolute Gasteiger partial charge is 0.240 e. The number of carbonyl (C=O) groups is 1. The second kappa shape index (κ2) is 7.85. The van der Waals surface area contributed by atoms with Gasteiger partial charge in [-0.25, -0.2) is 13.1 Å². The summed E-state index contributed by atoms with van der Waals surface area (Å²) in [6.45, 7) is 5.83. The third-order valence-corrected chi connectivity index (χ3v) is 6.40. The first kappa shape index (κ1) is 19.9. The van der Waals surface area contributed by atoms with Crippen molar-refractivity contribution >= 4 is 15.9 Å². The SMILES string of the molecule is CN(C)C(C)(C)CNS(=O)(=O)c1ccc(CCN2CCCC2=O)cc1. The zero-order valence-corrected chi connectivity index (χ0v) is 16.4. The summed E-state index contributed by atoms with van der Waals surface area (Å²) < 4.78 is 27.6. The molecule has 0 aromatic heterocycles. The van der Waals surface area contributed by atoms with E-state index in [1.165, 1.54) is 0 Å². The van der Waals surface area contributed by atoms with Crippen molar-refractivity contribution in [1.29, 1.82) is 0 Å². The lowest BCUT2D eigenvalue weighted by Gasteiger charge is -2.32. The molecular weight excluding hydrogens is 338 g/mol. The Bertz CT molecular complexity index is 697. The van der Waals surface area contributed by atoms with Crippen LogP contribution in [0.15, 0.2) is 29.2 Å². The average molecular weight is 368 g/mol. The molecule has 140 valence electrons. The minimum Gasteiger partial charge on any atom is -0.342 e. The predicted octanol–water partition coefficient (Wildman–Crippen LogP) is 1.47. The van der Waals surface area contributed by atoms with E-state index in [2.05, 4.69) is 4.72 Å². The van der Waals surface area contributed by atoms with Crippen LogP contribution in [0, 0.1) is 0 Å². The van der Waals surface area contributed by atoms with Gasteiger partial charge in [-0.15, -0.1) is 0 Å². The van der Waals surface area contributed by atoms with Gasteiger partial charge in [0.1, 0.15) is 0 Å². The Morgan fingerprint density at radius 3 is 2.36 bits per heavy atom. The summed E-state index contributed by atoms with van der Waals surface area (Å²) in [7, 11) is 0.325. The number of nitrogens with one attached hydrogen (secondary N) is 1. The van der Waals surface area contributed by atoms with Gasteiger partial charge in [-0.1, -0.05) is 12.1 Å². The Balaban J connectivity index is 1.94. The lowest BCUT2D eigenvalue weighted by molar-refractivity contribution is -0.127. The molecule has 1 fully saturated rings. The Morgan fingerprint density at radius 1 is 1.20 bits per heavy atom. The van der Waals surface area contributed by atoms with E-state index in [0.29, 0.717) is 19.5 Å². The molecule has 1 aromatic rings. The van der Waals surface area contributed by atoms with E-state index >= 15 is 0 Å². The lowest BCUT2D eigenvalue weighted by Crippen LogP contribution is -2.48. The normalized spacial score (nSPS) is 16.0. The summed E-state index contributed by atoms with van der Waals surface area (Å²) in [5.74, 6) is 0.215. The number of likely N-dealkylation sites (tertiary alicyclic amines) is 1. The third-order valence-electron chi connectivity index (χ3n) is 4.98. The van der Waals surface area contributed by atoms with Crippen LogP contribution in [0.1, 0.15) is 32.3 Å². The van der Waals surface area contributed by atoms with Crippen molar-refractivity contribution in [3.05, 3.63) is 29.8 Å². The van der Waals surface area contributed by atoms with Gasteiger partial charge in [-0.2, -0.15) is 0 Å². The zero-order chi connectivity index (χ0) is 18.7. The van der Waals surface area contributed by atoms with Crippen molar-refractivity contribution in [2.24, 2.45) is 0 Å². The fourth-order valence-corrected chi connectivity index (χ4v) is 3.76. The summed E-state index contributed by atoms with van der Waals surface area (Å²) >= 11 is 0. The molecule has 1 N–H and O–H groups in total. The van der Waals surface area contributed by atoms with Gasteiger partial charge in [0.05, 0.1) is 4.90 Å². The number of likely N-dealkylation sites (N-methyl/N-ethyl adjacent to an activating group) is 1. The second-order valence-corrected chi connectivity index (χ2v) is 9.18. The number of sulfonamides is 1. The van der Waals surface area contributed by atoms with Crippen LogP contribution < -0.4 is 4.72 Å². The second-order valence-electron chi connectivity index (χ2n) is 7.41. The number of hydrogen-bond acceptors (Lipinski definition) is 4. The summed E-state index contributed by atoms with van der Waals surface area (Å²) in [5, 5.41) is 0. The van der Waals surface area contributed by atoms with Crippen molar-refractivity contribution in [3.63, 3.8) is 0 Å². The van der Waals surface area contributed by atoms with Gasteiger partial charge in [0.2, 0.25) is 15.9 Å². The largest absolute Gasteiger partial charge is 0.342 e. The standard InChI is InChI=1S/C18H29N3O3S/c1-18(2,20(3)4)14-19-25(23,24)16-9-7-15(8-10-16)11-13-21-12-5-6-17(21)22/h7-10,19H,5-6,11-14H2,1-4H3. The molecule has 1 aromatic carbocycles.